The van der Waals surface area contributed by atoms with Gasteiger partial charge in [-0.3, -0.25) is 4.79 Å². The molecule has 3 N–H and O–H groups in total. The van der Waals surface area contributed by atoms with E-state index in [1.807, 2.05) is 0 Å². The predicted molar refractivity (Wildman–Crippen MR) is 69.6 cm³/mol. The Morgan fingerprint density at radius 3 is 2.65 bits per heavy atom. The highest BCUT2D eigenvalue weighted by Gasteiger charge is 2.33. The molecule has 0 aliphatic heterocycles. The number of alkyl halides is 3. The third-order valence-corrected chi connectivity index (χ3v) is 2.89. The molecule has 1 unspecified atom stereocenters. The lowest BCUT2D eigenvalue weighted by Crippen LogP contribution is -2.28. The van der Waals surface area contributed by atoms with Crippen LogP contribution in [0.2, 0.25) is 5.02 Å². The maximum absolute atomic E-state index is 12.7. The van der Waals surface area contributed by atoms with Gasteiger partial charge in [0, 0.05) is 19.3 Å². The number of benzene rings is 1. The molecule has 0 radical (unpaired) electrons. The average molecular weight is 311 g/mol. The summed E-state index contributed by atoms with van der Waals surface area (Å²) in [6, 6.07) is 3.15. The number of hydrogen-bond donors (Lipinski definition) is 2. The fraction of sp³-hybridized carbons (Fsp3) is 0.417. The molecule has 0 fully saturated rings. The molecule has 0 aromatic heterocycles. The Hall–Kier alpha value is -1.31. The number of methoxy groups -OCH3 is 1. The minimum absolute atomic E-state index is 0.0126. The van der Waals surface area contributed by atoms with E-state index < -0.39 is 28.8 Å². The third kappa shape index (κ3) is 4.66. The molecule has 0 bridgehead atoms. The maximum Gasteiger partial charge on any atom is 0.417 e. The molecule has 112 valence electrons. The van der Waals surface area contributed by atoms with Crippen LogP contribution in [0.1, 0.15) is 12.0 Å². The number of ether oxygens (including phenoxy) is 1. The Labute approximate surface area is 119 Å². The molecule has 0 saturated carbocycles. The van der Waals surface area contributed by atoms with Crippen LogP contribution in [0.5, 0.6) is 0 Å². The molecule has 0 aliphatic carbocycles. The number of nitrogens with two attached hydrogens (primary N) is 1. The zero-order valence-electron chi connectivity index (χ0n) is 10.6. The second-order valence-corrected chi connectivity index (χ2v) is 4.45. The van der Waals surface area contributed by atoms with E-state index in [1.54, 1.807) is 0 Å². The maximum atomic E-state index is 12.7. The molecule has 1 aromatic carbocycles. The van der Waals surface area contributed by atoms with Gasteiger partial charge in [-0.25, -0.2) is 0 Å². The quantitative estimate of drug-likeness (QED) is 0.879. The van der Waals surface area contributed by atoms with Crippen molar-refractivity contribution in [3.63, 3.8) is 0 Å². The summed E-state index contributed by atoms with van der Waals surface area (Å²) in [5.74, 6) is -0.488. The van der Waals surface area contributed by atoms with Gasteiger partial charge in [0.25, 0.3) is 0 Å². The van der Waals surface area contributed by atoms with Crippen molar-refractivity contribution in [3.05, 3.63) is 28.8 Å². The van der Waals surface area contributed by atoms with Gasteiger partial charge in [-0.05, 0) is 18.2 Å². The second kappa shape index (κ2) is 6.92. The van der Waals surface area contributed by atoms with Gasteiger partial charge in [-0.15, -0.1) is 0 Å². The largest absolute Gasteiger partial charge is 0.417 e. The number of hydrogen-bond acceptors (Lipinski definition) is 3. The fourth-order valence-corrected chi connectivity index (χ4v) is 1.73. The van der Waals surface area contributed by atoms with Crippen molar-refractivity contribution < 1.29 is 22.7 Å². The monoisotopic (exact) mass is 310 g/mol. The van der Waals surface area contributed by atoms with E-state index in [4.69, 9.17) is 22.1 Å². The molecular formula is C12H14ClF3N2O2. The number of halogens is 4. The van der Waals surface area contributed by atoms with Gasteiger partial charge in [-0.1, -0.05) is 11.6 Å². The lowest BCUT2D eigenvalue weighted by atomic mass is 10.2. The second-order valence-electron chi connectivity index (χ2n) is 4.04. The number of amides is 1. The van der Waals surface area contributed by atoms with Gasteiger partial charge >= 0.3 is 6.18 Å². The summed E-state index contributed by atoms with van der Waals surface area (Å²) in [7, 11) is 1.40. The first kappa shape index (κ1) is 16.7. The van der Waals surface area contributed by atoms with Crippen LogP contribution in [0.3, 0.4) is 0 Å². The summed E-state index contributed by atoms with van der Waals surface area (Å²) in [5, 5.41) is 1.92. The molecule has 20 heavy (non-hydrogen) atoms. The van der Waals surface area contributed by atoms with Crippen LogP contribution >= 0.6 is 11.6 Å². The first-order chi connectivity index (χ1) is 9.27. The van der Waals surface area contributed by atoms with Gasteiger partial charge in [0.05, 0.1) is 23.1 Å². The SMILES string of the molecule is COC(CN)CC(=O)Nc1ccc(Cl)c(C(F)(F)F)c1. The van der Waals surface area contributed by atoms with Crippen molar-refractivity contribution in [2.24, 2.45) is 5.73 Å². The molecule has 0 spiro atoms. The van der Waals surface area contributed by atoms with Crippen molar-refractivity contribution in [1.82, 2.24) is 0 Å². The number of carbonyl (C=O) groups excluding carboxylic acids is 1. The van der Waals surface area contributed by atoms with Gasteiger partial charge in [0.1, 0.15) is 0 Å². The third-order valence-electron chi connectivity index (χ3n) is 2.56. The van der Waals surface area contributed by atoms with E-state index in [0.29, 0.717) is 0 Å². The fourth-order valence-electron chi connectivity index (χ4n) is 1.50. The van der Waals surface area contributed by atoms with Crippen molar-refractivity contribution in [1.29, 1.82) is 0 Å². The molecule has 1 rings (SSSR count). The van der Waals surface area contributed by atoms with E-state index in [2.05, 4.69) is 5.32 Å². The number of rotatable bonds is 5. The van der Waals surface area contributed by atoms with E-state index in [-0.39, 0.29) is 18.7 Å². The van der Waals surface area contributed by atoms with Crippen LogP contribution in [0.25, 0.3) is 0 Å². The van der Waals surface area contributed by atoms with Crippen LogP contribution in [0, 0.1) is 0 Å². The van der Waals surface area contributed by atoms with Crippen LogP contribution in [0.15, 0.2) is 18.2 Å². The zero-order valence-corrected chi connectivity index (χ0v) is 11.4. The van der Waals surface area contributed by atoms with Gasteiger partial charge in [0.15, 0.2) is 0 Å². The van der Waals surface area contributed by atoms with E-state index in [1.165, 1.54) is 13.2 Å². The lowest BCUT2D eigenvalue weighted by Gasteiger charge is -2.14. The number of nitrogens with one attached hydrogen (secondary N) is 1. The Kier molecular flexibility index (Phi) is 5.79. The van der Waals surface area contributed by atoms with Crippen molar-refractivity contribution in [2.45, 2.75) is 18.7 Å². The van der Waals surface area contributed by atoms with Gasteiger partial charge in [0.2, 0.25) is 5.91 Å². The first-order valence-electron chi connectivity index (χ1n) is 5.67. The topological polar surface area (TPSA) is 64.3 Å². The summed E-state index contributed by atoms with van der Waals surface area (Å²) in [5.41, 5.74) is 4.37. The Morgan fingerprint density at radius 1 is 1.50 bits per heavy atom. The molecule has 4 nitrogen and oxygen atoms in total. The van der Waals surface area contributed by atoms with Gasteiger partial charge in [-0.2, -0.15) is 13.2 Å². The standard InChI is InChI=1S/C12H14ClF3N2O2/c1-20-8(6-17)5-11(19)18-7-2-3-10(13)9(4-7)12(14,15)16/h2-4,8H,5-6,17H2,1H3,(H,18,19). The van der Waals surface area contributed by atoms with Crippen LogP contribution in [-0.2, 0) is 15.7 Å². The van der Waals surface area contributed by atoms with Crippen molar-refractivity contribution in [2.75, 3.05) is 19.0 Å². The molecule has 8 heteroatoms. The smallest absolute Gasteiger partial charge is 0.380 e. The minimum Gasteiger partial charge on any atom is -0.380 e. The lowest BCUT2D eigenvalue weighted by molar-refractivity contribution is -0.137. The summed E-state index contributed by atoms with van der Waals surface area (Å²) in [6.45, 7) is 0.137. The molecule has 0 heterocycles. The molecule has 0 saturated heterocycles. The number of anilines is 1. The molecule has 1 aromatic rings. The summed E-state index contributed by atoms with van der Waals surface area (Å²) >= 11 is 5.48. The van der Waals surface area contributed by atoms with E-state index in [0.717, 1.165) is 12.1 Å². The van der Waals surface area contributed by atoms with E-state index in [9.17, 15) is 18.0 Å². The molecule has 1 amide bonds. The van der Waals surface area contributed by atoms with Crippen LogP contribution in [0.4, 0.5) is 18.9 Å². The highest BCUT2D eigenvalue weighted by Crippen LogP contribution is 2.36. The average Bonchev–Trinajstić information content (AvgIpc) is 2.37. The molecule has 1 atom stereocenters. The Balaban J connectivity index is 2.81. The normalized spacial score (nSPS) is 13.1. The summed E-state index contributed by atoms with van der Waals surface area (Å²) < 4.78 is 42.9. The highest BCUT2D eigenvalue weighted by molar-refractivity contribution is 6.31. The summed E-state index contributed by atoms with van der Waals surface area (Å²) in [4.78, 5) is 11.6. The van der Waals surface area contributed by atoms with Crippen molar-refractivity contribution in [3.8, 4) is 0 Å². The Bertz CT molecular complexity index is 476. The van der Waals surface area contributed by atoms with E-state index >= 15 is 0 Å². The first-order valence-corrected chi connectivity index (χ1v) is 6.05. The van der Waals surface area contributed by atoms with Crippen LogP contribution in [-0.4, -0.2) is 25.7 Å². The Morgan fingerprint density at radius 2 is 2.15 bits per heavy atom. The predicted octanol–water partition coefficient (Wildman–Crippen LogP) is 2.66. The van der Waals surface area contributed by atoms with Crippen LogP contribution < -0.4 is 11.1 Å². The highest BCUT2D eigenvalue weighted by atomic mass is 35.5. The number of carbonyl (C=O) groups is 1. The zero-order chi connectivity index (χ0) is 15.3. The van der Waals surface area contributed by atoms with Gasteiger partial charge < -0.3 is 15.8 Å². The minimum atomic E-state index is -4.58. The van der Waals surface area contributed by atoms with Crippen molar-refractivity contribution >= 4 is 23.2 Å². The molecular weight excluding hydrogens is 297 g/mol. The summed E-state index contributed by atoms with van der Waals surface area (Å²) in [6.07, 6.45) is -5.11. The molecule has 0 aliphatic rings.